The maximum Gasteiger partial charge on any atom is 0.241 e. The van der Waals surface area contributed by atoms with E-state index in [-0.39, 0.29) is 29.6 Å². The molecule has 174 valence electrons. The third-order valence-corrected chi connectivity index (χ3v) is 7.82. The number of hydrogen-bond donors (Lipinski definition) is 2. The van der Waals surface area contributed by atoms with E-state index in [1.54, 1.807) is 24.8 Å². The Morgan fingerprint density at radius 1 is 1.15 bits per heavy atom. The highest BCUT2D eigenvalue weighted by atomic mass is 32.2. The quantitative estimate of drug-likeness (QED) is 0.567. The van der Waals surface area contributed by atoms with E-state index in [0.717, 1.165) is 27.6 Å². The number of aromatic nitrogens is 1. The number of halogens is 1. The summed E-state index contributed by atoms with van der Waals surface area (Å²) >= 11 is 0. The summed E-state index contributed by atoms with van der Waals surface area (Å²) in [7, 11) is -3.69. The van der Waals surface area contributed by atoms with E-state index in [0.29, 0.717) is 30.6 Å². The SMILES string of the molecule is Cc1cc(C)c(S(=O)(=O)NCCC(=O)N2CC=C(c3c[nH]c4cc(F)ccc34)CC2)c(C)c1. The molecule has 0 bridgehead atoms. The molecular formula is C25H28FN3O3S. The van der Waals surface area contributed by atoms with Gasteiger partial charge in [0.2, 0.25) is 15.9 Å². The van der Waals surface area contributed by atoms with Crippen LogP contribution in [0.5, 0.6) is 0 Å². The van der Waals surface area contributed by atoms with Crippen LogP contribution in [0.25, 0.3) is 16.5 Å². The van der Waals surface area contributed by atoms with Crippen LogP contribution in [0.1, 0.15) is 35.1 Å². The molecule has 1 aliphatic rings. The van der Waals surface area contributed by atoms with E-state index in [4.69, 9.17) is 0 Å². The second-order valence-electron chi connectivity index (χ2n) is 8.59. The number of nitrogens with one attached hydrogen (secondary N) is 2. The monoisotopic (exact) mass is 469 g/mol. The van der Waals surface area contributed by atoms with Crippen molar-refractivity contribution >= 4 is 32.4 Å². The van der Waals surface area contributed by atoms with Crippen molar-refractivity contribution in [3.63, 3.8) is 0 Å². The zero-order valence-corrected chi connectivity index (χ0v) is 19.9. The third-order valence-electron chi connectivity index (χ3n) is 6.06. The molecule has 0 saturated heterocycles. The minimum absolute atomic E-state index is 0.0506. The first-order valence-corrected chi connectivity index (χ1v) is 12.5. The van der Waals surface area contributed by atoms with Gasteiger partial charge < -0.3 is 9.88 Å². The van der Waals surface area contributed by atoms with Crippen LogP contribution < -0.4 is 4.72 Å². The summed E-state index contributed by atoms with van der Waals surface area (Å²) < 4.78 is 41.6. The molecule has 1 aromatic heterocycles. The van der Waals surface area contributed by atoms with E-state index >= 15 is 0 Å². The van der Waals surface area contributed by atoms with Crippen molar-refractivity contribution in [3.05, 3.63) is 70.7 Å². The maximum absolute atomic E-state index is 13.4. The number of carbonyl (C=O) groups is 1. The number of amides is 1. The van der Waals surface area contributed by atoms with Crippen LogP contribution in [-0.4, -0.2) is 43.8 Å². The fourth-order valence-corrected chi connectivity index (χ4v) is 6.10. The van der Waals surface area contributed by atoms with Gasteiger partial charge in [-0.05, 0) is 62.1 Å². The predicted octanol–water partition coefficient (Wildman–Crippen LogP) is 4.22. The van der Waals surface area contributed by atoms with Gasteiger partial charge in [0.05, 0.1) is 4.90 Å². The van der Waals surface area contributed by atoms with Crippen molar-refractivity contribution in [1.82, 2.24) is 14.6 Å². The smallest absolute Gasteiger partial charge is 0.241 e. The predicted molar refractivity (Wildman–Crippen MR) is 128 cm³/mol. The van der Waals surface area contributed by atoms with Crippen LogP contribution in [0, 0.1) is 26.6 Å². The van der Waals surface area contributed by atoms with Gasteiger partial charge in [0.25, 0.3) is 0 Å². The van der Waals surface area contributed by atoms with Gasteiger partial charge in [-0.25, -0.2) is 17.5 Å². The summed E-state index contributed by atoms with van der Waals surface area (Å²) in [5.41, 5.74) is 5.28. The third kappa shape index (κ3) is 4.86. The second kappa shape index (κ2) is 9.11. The van der Waals surface area contributed by atoms with Gasteiger partial charge in [0, 0.05) is 48.7 Å². The van der Waals surface area contributed by atoms with Crippen molar-refractivity contribution in [2.75, 3.05) is 19.6 Å². The number of H-pyrrole nitrogens is 1. The van der Waals surface area contributed by atoms with Crippen molar-refractivity contribution in [3.8, 4) is 0 Å². The Kier molecular flexibility index (Phi) is 6.41. The minimum Gasteiger partial charge on any atom is -0.360 e. The summed E-state index contributed by atoms with van der Waals surface area (Å²) in [5, 5.41) is 0.957. The molecule has 2 N–H and O–H groups in total. The largest absolute Gasteiger partial charge is 0.360 e. The molecule has 0 radical (unpaired) electrons. The van der Waals surface area contributed by atoms with E-state index < -0.39 is 10.0 Å². The lowest BCUT2D eigenvalue weighted by atomic mass is 9.99. The molecule has 8 heteroatoms. The number of fused-ring (bicyclic) bond motifs is 1. The summed E-state index contributed by atoms with van der Waals surface area (Å²) in [5.74, 6) is -0.375. The van der Waals surface area contributed by atoms with E-state index in [1.165, 1.54) is 12.1 Å². The molecule has 1 aliphatic heterocycles. The summed E-state index contributed by atoms with van der Waals surface area (Å²) in [6.07, 6.45) is 4.66. The topological polar surface area (TPSA) is 82.3 Å². The molecule has 0 fully saturated rings. The highest BCUT2D eigenvalue weighted by Crippen LogP contribution is 2.29. The van der Waals surface area contributed by atoms with Gasteiger partial charge in [0.1, 0.15) is 5.82 Å². The highest BCUT2D eigenvalue weighted by molar-refractivity contribution is 7.89. The number of rotatable bonds is 6. The molecule has 0 unspecified atom stereocenters. The van der Waals surface area contributed by atoms with Gasteiger partial charge in [-0.1, -0.05) is 23.8 Å². The molecule has 1 amide bonds. The number of aryl methyl sites for hydroxylation is 3. The number of hydrogen-bond acceptors (Lipinski definition) is 3. The summed E-state index contributed by atoms with van der Waals surface area (Å²) in [4.78, 5) is 17.8. The lowest BCUT2D eigenvalue weighted by molar-refractivity contribution is -0.130. The molecule has 3 aromatic rings. The Morgan fingerprint density at radius 3 is 2.55 bits per heavy atom. The molecule has 4 rings (SSSR count). The lowest BCUT2D eigenvalue weighted by Crippen LogP contribution is -2.37. The molecule has 6 nitrogen and oxygen atoms in total. The van der Waals surface area contributed by atoms with Gasteiger partial charge in [0.15, 0.2) is 0 Å². The average Bonchev–Trinajstić information content (AvgIpc) is 3.15. The zero-order valence-electron chi connectivity index (χ0n) is 19.0. The Labute approximate surface area is 193 Å². The normalized spacial score (nSPS) is 14.5. The Morgan fingerprint density at radius 2 is 1.88 bits per heavy atom. The minimum atomic E-state index is -3.69. The van der Waals surface area contributed by atoms with E-state index in [1.807, 2.05) is 31.3 Å². The molecule has 0 spiro atoms. The first-order chi connectivity index (χ1) is 15.7. The molecule has 2 heterocycles. The van der Waals surface area contributed by atoms with Crippen LogP contribution in [0.4, 0.5) is 4.39 Å². The van der Waals surface area contributed by atoms with E-state index in [2.05, 4.69) is 9.71 Å². The first kappa shape index (κ1) is 23.2. The number of carbonyl (C=O) groups excluding carboxylic acids is 1. The molecule has 33 heavy (non-hydrogen) atoms. The van der Waals surface area contributed by atoms with Gasteiger partial charge >= 0.3 is 0 Å². The van der Waals surface area contributed by atoms with Crippen LogP contribution >= 0.6 is 0 Å². The Bertz CT molecular complexity index is 1340. The van der Waals surface area contributed by atoms with Crippen molar-refractivity contribution in [1.29, 1.82) is 0 Å². The van der Waals surface area contributed by atoms with Crippen LogP contribution in [-0.2, 0) is 14.8 Å². The maximum atomic E-state index is 13.4. The number of sulfonamides is 1. The molecular weight excluding hydrogens is 441 g/mol. The van der Waals surface area contributed by atoms with Gasteiger partial charge in [-0.3, -0.25) is 4.79 Å². The summed E-state index contributed by atoms with van der Waals surface area (Å²) in [6, 6.07) is 8.36. The zero-order chi connectivity index (χ0) is 23.8. The Balaban J connectivity index is 1.36. The molecule has 2 aromatic carbocycles. The second-order valence-corrected chi connectivity index (χ2v) is 10.3. The number of aromatic amines is 1. The van der Waals surface area contributed by atoms with Crippen LogP contribution in [0.3, 0.4) is 0 Å². The van der Waals surface area contributed by atoms with Gasteiger partial charge in [-0.15, -0.1) is 0 Å². The molecule has 0 saturated carbocycles. The number of benzene rings is 2. The fraction of sp³-hybridized carbons (Fsp3) is 0.320. The van der Waals surface area contributed by atoms with Crippen LogP contribution in [0.15, 0.2) is 47.5 Å². The van der Waals surface area contributed by atoms with Gasteiger partial charge in [-0.2, -0.15) is 0 Å². The fourth-order valence-electron chi connectivity index (χ4n) is 4.62. The van der Waals surface area contributed by atoms with Crippen LogP contribution in [0.2, 0.25) is 0 Å². The van der Waals surface area contributed by atoms with E-state index in [9.17, 15) is 17.6 Å². The van der Waals surface area contributed by atoms with Crippen molar-refractivity contribution in [2.24, 2.45) is 0 Å². The first-order valence-electron chi connectivity index (χ1n) is 11.0. The average molecular weight is 470 g/mol. The molecule has 0 atom stereocenters. The highest BCUT2D eigenvalue weighted by Gasteiger charge is 2.22. The van der Waals surface area contributed by atoms with Crippen molar-refractivity contribution in [2.45, 2.75) is 38.5 Å². The lowest BCUT2D eigenvalue weighted by Gasteiger charge is -2.26. The molecule has 0 aliphatic carbocycles. The number of nitrogens with zero attached hydrogens (tertiary/aromatic N) is 1. The Hall–Kier alpha value is -2.97. The summed E-state index contributed by atoms with van der Waals surface area (Å²) in [6.45, 7) is 6.56. The standard InChI is InChI=1S/C25H28FN3O3S/c1-16-12-17(2)25(18(3)13-16)33(31,32)28-9-6-24(30)29-10-7-19(8-11-29)22-15-27-23-14-20(26)4-5-21(22)23/h4-5,7,12-15,27-28H,6,8-11H2,1-3H3. The van der Waals surface area contributed by atoms with Crippen molar-refractivity contribution < 1.29 is 17.6 Å².